The van der Waals surface area contributed by atoms with Gasteiger partial charge in [0.15, 0.2) is 0 Å². The molecule has 1 unspecified atom stereocenters. The van der Waals surface area contributed by atoms with E-state index in [-0.39, 0.29) is 6.61 Å². The van der Waals surface area contributed by atoms with Crippen LogP contribution in [0.3, 0.4) is 0 Å². The van der Waals surface area contributed by atoms with Crippen molar-refractivity contribution in [3.8, 4) is 0 Å². The molecule has 152 valence electrons. The summed E-state index contributed by atoms with van der Waals surface area (Å²) in [5.41, 5.74) is 0. The lowest BCUT2D eigenvalue weighted by molar-refractivity contribution is -0.0135. The second-order valence-electron chi connectivity index (χ2n) is 5.99. The van der Waals surface area contributed by atoms with Gasteiger partial charge in [-0.1, -0.05) is 33.1 Å². The highest BCUT2D eigenvalue weighted by Gasteiger charge is 2.04. The minimum Gasteiger partial charge on any atom is -0.394 e. The number of aliphatic hydroxyl groups excluding tert-OH is 1. The maximum absolute atomic E-state index is 8.52. The third-order valence-corrected chi connectivity index (χ3v) is 3.90. The van der Waals surface area contributed by atoms with Crippen molar-refractivity contribution in [3.05, 3.63) is 0 Å². The summed E-state index contributed by atoms with van der Waals surface area (Å²) in [7, 11) is 0. The van der Waals surface area contributed by atoms with E-state index < -0.39 is 0 Å². The summed E-state index contributed by atoms with van der Waals surface area (Å²) >= 11 is 0. The number of ether oxygens (including phenoxy) is 5. The van der Waals surface area contributed by atoms with Crippen LogP contribution in [0.1, 0.15) is 46.0 Å². The Bertz CT molecular complexity index is 240. The summed E-state index contributed by atoms with van der Waals surface area (Å²) in [4.78, 5) is 0. The van der Waals surface area contributed by atoms with Crippen LogP contribution in [0.25, 0.3) is 0 Å². The first-order chi connectivity index (χ1) is 12.3. The molecule has 0 amide bonds. The van der Waals surface area contributed by atoms with Gasteiger partial charge in [0, 0.05) is 6.61 Å². The average molecular weight is 365 g/mol. The molecule has 0 saturated carbocycles. The molecule has 0 fully saturated rings. The molecule has 0 rings (SSSR count). The van der Waals surface area contributed by atoms with Crippen molar-refractivity contribution in [3.63, 3.8) is 0 Å². The Morgan fingerprint density at radius 2 is 1.04 bits per heavy atom. The molecular formula is C19H40O6. The lowest BCUT2D eigenvalue weighted by Gasteiger charge is -2.13. The summed E-state index contributed by atoms with van der Waals surface area (Å²) in [5, 5.41) is 8.52. The molecule has 6 heteroatoms. The van der Waals surface area contributed by atoms with E-state index in [0.717, 1.165) is 18.9 Å². The molecule has 0 aromatic carbocycles. The Kier molecular flexibility index (Phi) is 21.6. The van der Waals surface area contributed by atoms with Crippen molar-refractivity contribution in [1.29, 1.82) is 0 Å². The molecular weight excluding hydrogens is 324 g/mol. The van der Waals surface area contributed by atoms with Crippen LogP contribution in [0.15, 0.2) is 0 Å². The summed E-state index contributed by atoms with van der Waals surface area (Å²) < 4.78 is 26.8. The molecule has 6 nitrogen and oxygen atoms in total. The van der Waals surface area contributed by atoms with E-state index in [4.69, 9.17) is 28.8 Å². The number of rotatable bonds is 21. The minimum atomic E-state index is 0.0480. The molecule has 1 N–H and O–H groups in total. The first-order valence-electron chi connectivity index (χ1n) is 9.84. The van der Waals surface area contributed by atoms with Gasteiger partial charge in [-0.25, -0.2) is 0 Å². The summed E-state index contributed by atoms with van der Waals surface area (Å²) in [6.45, 7) is 10.3. The fourth-order valence-electron chi connectivity index (χ4n) is 2.48. The van der Waals surface area contributed by atoms with Crippen molar-refractivity contribution in [2.75, 3.05) is 72.7 Å². The van der Waals surface area contributed by atoms with E-state index >= 15 is 0 Å². The molecule has 0 aromatic heterocycles. The highest BCUT2D eigenvalue weighted by Crippen LogP contribution is 2.16. The zero-order valence-corrected chi connectivity index (χ0v) is 16.4. The lowest BCUT2D eigenvalue weighted by Crippen LogP contribution is -2.13. The van der Waals surface area contributed by atoms with Gasteiger partial charge < -0.3 is 28.8 Å². The number of aliphatic hydroxyl groups is 1. The van der Waals surface area contributed by atoms with Crippen LogP contribution >= 0.6 is 0 Å². The Hall–Kier alpha value is -0.240. The van der Waals surface area contributed by atoms with Crippen LogP contribution in [0.5, 0.6) is 0 Å². The van der Waals surface area contributed by atoms with Gasteiger partial charge in [0.2, 0.25) is 0 Å². The van der Waals surface area contributed by atoms with Gasteiger partial charge in [-0.05, 0) is 18.8 Å². The van der Waals surface area contributed by atoms with Crippen molar-refractivity contribution in [2.24, 2.45) is 5.92 Å². The largest absolute Gasteiger partial charge is 0.394 e. The molecule has 0 radical (unpaired) electrons. The smallest absolute Gasteiger partial charge is 0.0701 e. The monoisotopic (exact) mass is 364 g/mol. The van der Waals surface area contributed by atoms with Crippen LogP contribution in [0, 0.1) is 5.92 Å². The fraction of sp³-hybridized carbons (Fsp3) is 1.00. The molecule has 0 bridgehead atoms. The van der Waals surface area contributed by atoms with Gasteiger partial charge in [0.05, 0.1) is 66.1 Å². The summed E-state index contributed by atoms with van der Waals surface area (Å²) in [6, 6.07) is 0. The van der Waals surface area contributed by atoms with Gasteiger partial charge in [0.1, 0.15) is 0 Å². The molecule has 0 aliphatic heterocycles. The van der Waals surface area contributed by atoms with E-state index in [1.54, 1.807) is 0 Å². The highest BCUT2D eigenvalue weighted by atomic mass is 16.6. The quantitative estimate of drug-likeness (QED) is 0.316. The minimum absolute atomic E-state index is 0.0480. The average Bonchev–Trinajstić information content (AvgIpc) is 2.63. The SMILES string of the molecule is CCCC(CC)CCCOCCOCCOCCOCCOCCO. The van der Waals surface area contributed by atoms with Crippen LogP contribution < -0.4 is 0 Å². The van der Waals surface area contributed by atoms with Crippen LogP contribution in [0.4, 0.5) is 0 Å². The van der Waals surface area contributed by atoms with Gasteiger partial charge in [0.25, 0.3) is 0 Å². The van der Waals surface area contributed by atoms with E-state index in [1.165, 1.54) is 25.7 Å². The predicted octanol–water partition coefficient (Wildman–Crippen LogP) is 2.67. The van der Waals surface area contributed by atoms with E-state index in [0.29, 0.717) is 59.5 Å². The molecule has 0 heterocycles. The van der Waals surface area contributed by atoms with Gasteiger partial charge in [-0.15, -0.1) is 0 Å². The Labute approximate surface area is 154 Å². The summed E-state index contributed by atoms with van der Waals surface area (Å²) in [5.74, 6) is 0.860. The van der Waals surface area contributed by atoms with E-state index in [9.17, 15) is 0 Å². The Balaban J connectivity index is 3.07. The van der Waals surface area contributed by atoms with Gasteiger partial charge in [-0.3, -0.25) is 0 Å². The van der Waals surface area contributed by atoms with E-state index in [1.807, 2.05) is 0 Å². The zero-order valence-electron chi connectivity index (χ0n) is 16.4. The topological polar surface area (TPSA) is 66.4 Å². The molecule has 0 aromatic rings. The second-order valence-corrected chi connectivity index (χ2v) is 5.99. The summed E-state index contributed by atoms with van der Waals surface area (Å²) in [6.07, 6.45) is 6.31. The van der Waals surface area contributed by atoms with Crippen molar-refractivity contribution >= 4 is 0 Å². The molecule has 0 spiro atoms. The van der Waals surface area contributed by atoms with Crippen LogP contribution in [-0.2, 0) is 23.7 Å². The van der Waals surface area contributed by atoms with Crippen molar-refractivity contribution in [1.82, 2.24) is 0 Å². The van der Waals surface area contributed by atoms with Crippen LogP contribution in [-0.4, -0.2) is 77.8 Å². The van der Waals surface area contributed by atoms with Crippen LogP contribution in [0.2, 0.25) is 0 Å². The molecule has 0 aliphatic carbocycles. The molecule has 0 saturated heterocycles. The highest BCUT2D eigenvalue weighted by molar-refractivity contribution is 4.56. The second kappa shape index (κ2) is 21.8. The molecule has 25 heavy (non-hydrogen) atoms. The lowest BCUT2D eigenvalue weighted by atomic mass is 9.96. The normalized spacial score (nSPS) is 12.6. The van der Waals surface area contributed by atoms with E-state index in [2.05, 4.69) is 13.8 Å². The number of hydrogen-bond donors (Lipinski definition) is 1. The van der Waals surface area contributed by atoms with Gasteiger partial charge >= 0.3 is 0 Å². The first kappa shape index (κ1) is 24.8. The fourth-order valence-corrected chi connectivity index (χ4v) is 2.48. The Morgan fingerprint density at radius 1 is 0.600 bits per heavy atom. The van der Waals surface area contributed by atoms with Crippen molar-refractivity contribution < 1.29 is 28.8 Å². The standard InChI is InChI=1S/C19H40O6/c1-3-6-19(4-2)7-5-9-21-11-13-23-15-17-25-18-16-24-14-12-22-10-8-20/h19-20H,3-18H2,1-2H3. The first-order valence-corrected chi connectivity index (χ1v) is 9.84. The molecule has 1 atom stereocenters. The Morgan fingerprint density at radius 3 is 1.44 bits per heavy atom. The maximum atomic E-state index is 8.52. The third-order valence-electron chi connectivity index (χ3n) is 3.90. The number of hydrogen-bond acceptors (Lipinski definition) is 6. The maximum Gasteiger partial charge on any atom is 0.0701 e. The zero-order chi connectivity index (χ0) is 18.4. The predicted molar refractivity (Wildman–Crippen MR) is 99.1 cm³/mol. The van der Waals surface area contributed by atoms with Crippen molar-refractivity contribution in [2.45, 2.75) is 46.0 Å². The third kappa shape index (κ3) is 19.9. The molecule has 0 aliphatic rings. The van der Waals surface area contributed by atoms with Gasteiger partial charge in [-0.2, -0.15) is 0 Å².